The van der Waals surface area contributed by atoms with Gasteiger partial charge in [-0.15, -0.1) is 0 Å². The number of thiocarbonyl (C=S) groups is 1. The number of benzene rings is 1. The van der Waals surface area contributed by atoms with Gasteiger partial charge in [0.2, 0.25) is 5.91 Å². The van der Waals surface area contributed by atoms with Crippen molar-refractivity contribution in [2.45, 2.75) is 32.0 Å². The molecule has 8 nitrogen and oxygen atoms in total. The summed E-state index contributed by atoms with van der Waals surface area (Å²) in [5.74, 6) is 0.491. The third kappa shape index (κ3) is 4.76. The Bertz CT molecular complexity index is 1150. The molecule has 4 rings (SSSR count). The maximum absolute atomic E-state index is 11.9. The Balaban J connectivity index is 1.78. The minimum Gasteiger partial charge on any atom is -0.494 e. The van der Waals surface area contributed by atoms with Gasteiger partial charge in [0.15, 0.2) is 5.11 Å². The second-order valence-corrected chi connectivity index (χ2v) is 8.29. The Kier molecular flexibility index (Phi) is 7.44. The van der Waals surface area contributed by atoms with E-state index in [-0.39, 0.29) is 18.0 Å². The van der Waals surface area contributed by atoms with Crippen LogP contribution in [0.4, 0.5) is 11.4 Å². The van der Waals surface area contributed by atoms with E-state index in [9.17, 15) is 4.79 Å². The number of hydrogen-bond donors (Lipinski definition) is 2. The summed E-state index contributed by atoms with van der Waals surface area (Å²) in [4.78, 5) is 18.6. The smallest absolute Gasteiger partial charge is 0.224 e. The monoisotopic (exact) mass is 479 g/mol. The van der Waals surface area contributed by atoms with Crippen LogP contribution in [-0.4, -0.2) is 41.4 Å². The number of amides is 1. The molecule has 0 aliphatic carbocycles. The van der Waals surface area contributed by atoms with Gasteiger partial charge in [0.05, 0.1) is 31.1 Å². The minimum atomic E-state index is -0.157. The summed E-state index contributed by atoms with van der Waals surface area (Å²) in [5.41, 5.74) is 3.46. The minimum absolute atomic E-state index is 0.0755. The molecule has 1 saturated heterocycles. The Morgan fingerprint density at radius 1 is 1.21 bits per heavy atom. The number of carbonyl (C=O) groups is 1. The molecule has 0 saturated carbocycles. The van der Waals surface area contributed by atoms with Crippen LogP contribution in [0.5, 0.6) is 5.75 Å². The van der Waals surface area contributed by atoms with E-state index >= 15 is 0 Å². The van der Waals surface area contributed by atoms with E-state index < -0.39 is 0 Å². The third-order valence-corrected chi connectivity index (χ3v) is 6.18. The van der Waals surface area contributed by atoms with Crippen molar-refractivity contribution in [3.63, 3.8) is 0 Å². The molecule has 1 aliphatic rings. The van der Waals surface area contributed by atoms with E-state index in [4.69, 9.17) is 21.7 Å². The van der Waals surface area contributed by atoms with Crippen molar-refractivity contribution in [2.24, 2.45) is 0 Å². The number of ether oxygens (including phenoxy) is 2. The van der Waals surface area contributed by atoms with Crippen LogP contribution in [0.25, 0.3) is 0 Å². The number of nitrogens with one attached hydrogen (secondary N) is 2. The number of rotatable bonds is 9. The number of pyridine rings is 1. The SMILES string of the molecule is CCC(=O)Nc1ccc(N2C(=S)N[C@@H](c3ccccn3)[C@@H]2c2cccn2CCOC)cc1OC. The molecular weight excluding hydrogens is 450 g/mol. The first-order valence-electron chi connectivity index (χ1n) is 11.2. The average molecular weight is 480 g/mol. The Morgan fingerprint density at radius 2 is 2.06 bits per heavy atom. The van der Waals surface area contributed by atoms with Gasteiger partial charge in [-0.1, -0.05) is 13.0 Å². The van der Waals surface area contributed by atoms with Gasteiger partial charge in [-0.3, -0.25) is 9.78 Å². The van der Waals surface area contributed by atoms with Gasteiger partial charge in [0.25, 0.3) is 0 Å². The highest BCUT2D eigenvalue weighted by atomic mass is 32.1. The zero-order valence-corrected chi connectivity index (χ0v) is 20.3. The summed E-state index contributed by atoms with van der Waals surface area (Å²) < 4.78 is 13.1. The molecule has 0 spiro atoms. The largest absolute Gasteiger partial charge is 0.494 e. The predicted octanol–water partition coefficient (Wildman–Crippen LogP) is 4.06. The Labute approximate surface area is 204 Å². The lowest BCUT2D eigenvalue weighted by atomic mass is 10.0. The number of nitrogens with zero attached hydrogens (tertiary/aromatic N) is 3. The van der Waals surface area contributed by atoms with Crippen LogP contribution in [0.15, 0.2) is 60.9 Å². The van der Waals surface area contributed by atoms with Crippen LogP contribution in [0.3, 0.4) is 0 Å². The fourth-order valence-electron chi connectivity index (χ4n) is 4.19. The zero-order chi connectivity index (χ0) is 24.1. The topological polar surface area (TPSA) is 80.7 Å². The molecule has 1 fully saturated rings. The van der Waals surface area contributed by atoms with Gasteiger partial charge in [0, 0.05) is 49.9 Å². The number of carbonyl (C=O) groups excluding carboxylic acids is 1. The molecule has 1 amide bonds. The second kappa shape index (κ2) is 10.7. The third-order valence-electron chi connectivity index (χ3n) is 5.86. The molecule has 178 valence electrons. The maximum atomic E-state index is 11.9. The van der Waals surface area contributed by atoms with Crippen LogP contribution >= 0.6 is 12.2 Å². The van der Waals surface area contributed by atoms with Gasteiger partial charge in [-0.2, -0.15) is 0 Å². The molecule has 0 unspecified atom stereocenters. The van der Waals surface area contributed by atoms with E-state index in [0.717, 1.165) is 23.6 Å². The highest BCUT2D eigenvalue weighted by molar-refractivity contribution is 7.80. The lowest BCUT2D eigenvalue weighted by Gasteiger charge is -2.29. The first-order chi connectivity index (χ1) is 16.6. The number of hydrogen-bond acceptors (Lipinski definition) is 5. The Hall–Kier alpha value is -3.43. The van der Waals surface area contributed by atoms with Gasteiger partial charge < -0.3 is 29.6 Å². The molecule has 2 atom stereocenters. The molecular formula is C25H29N5O3S. The van der Waals surface area contributed by atoms with Crippen molar-refractivity contribution < 1.29 is 14.3 Å². The van der Waals surface area contributed by atoms with E-state index in [1.54, 1.807) is 20.4 Å². The normalized spacial score (nSPS) is 17.5. The van der Waals surface area contributed by atoms with Crippen LogP contribution in [0.2, 0.25) is 0 Å². The second-order valence-electron chi connectivity index (χ2n) is 7.90. The van der Waals surface area contributed by atoms with Gasteiger partial charge in [0.1, 0.15) is 11.8 Å². The number of anilines is 2. The average Bonchev–Trinajstić information content (AvgIpc) is 3.47. The standard InChI is InChI=1S/C25H29N5O3S/c1-4-22(31)27-18-11-10-17(16-21(18)33-3)30-24(20-9-7-13-29(20)14-15-32-2)23(28-25(30)34)19-8-5-6-12-26-19/h5-13,16,23-24H,4,14-15H2,1-3H3,(H,27,31)(H,28,34)/t23-,24-/m0/s1. The number of aromatic nitrogens is 2. The molecule has 34 heavy (non-hydrogen) atoms. The summed E-state index contributed by atoms with van der Waals surface area (Å²) in [6.07, 6.45) is 4.22. The molecule has 1 aliphatic heterocycles. The van der Waals surface area contributed by atoms with Crippen molar-refractivity contribution >= 4 is 34.6 Å². The Morgan fingerprint density at radius 3 is 2.76 bits per heavy atom. The lowest BCUT2D eigenvalue weighted by Crippen LogP contribution is -2.30. The van der Waals surface area contributed by atoms with Crippen LogP contribution in [0.1, 0.15) is 36.8 Å². The van der Waals surface area contributed by atoms with Gasteiger partial charge in [-0.05, 0) is 48.6 Å². The van der Waals surface area contributed by atoms with Gasteiger partial charge >= 0.3 is 0 Å². The molecule has 1 aromatic carbocycles. The summed E-state index contributed by atoms with van der Waals surface area (Å²) >= 11 is 5.82. The summed E-state index contributed by atoms with van der Waals surface area (Å²) in [7, 11) is 3.29. The van der Waals surface area contributed by atoms with Crippen LogP contribution < -0.4 is 20.3 Å². The maximum Gasteiger partial charge on any atom is 0.224 e. The van der Waals surface area contributed by atoms with Crippen LogP contribution in [0, 0.1) is 0 Å². The van der Waals surface area contributed by atoms with Crippen LogP contribution in [-0.2, 0) is 16.1 Å². The highest BCUT2D eigenvalue weighted by Gasteiger charge is 2.42. The fraction of sp³-hybridized carbons (Fsp3) is 0.320. The number of methoxy groups -OCH3 is 2. The summed E-state index contributed by atoms with van der Waals surface area (Å²) in [6, 6.07) is 15.4. The van der Waals surface area contributed by atoms with E-state index in [0.29, 0.717) is 29.6 Å². The van der Waals surface area contributed by atoms with E-state index in [2.05, 4.69) is 31.2 Å². The molecule has 3 heterocycles. The van der Waals surface area contributed by atoms with Crippen molar-refractivity contribution in [1.29, 1.82) is 0 Å². The lowest BCUT2D eigenvalue weighted by molar-refractivity contribution is -0.115. The fourth-order valence-corrected chi connectivity index (χ4v) is 4.54. The first-order valence-corrected chi connectivity index (χ1v) is 11.6. The summed E-state index contributed by atoms with van der Waals surface area (Å²) in [6.45, 7) is 3.13. The molecule has 0 radical (unpaired) electrons. The molecule has 2 aromatic heterocycles. The van der Waals surface area contributed by atoms with Crippen molar-refractivity contribution in [2.75, 3.05) is 31.0 Å². The zero-order valence-electron chi connectivity index (χ0n) is 19.5. The molecule has 9 heteroatoms. The van der Waals surface area contributed by atoms with Gasteiger partial charge in [-0.25, -0.2) is 0 Å². The first kappa shape index (κ1) is 23.7. The molecule has 2 N–H and O–H groups in total. The van der Waals surface area contributed by atoms with Crippen molar-refractivity contribution in [1.82, 2.24) is 14.9 Å². The quantitative estimate of drug-likeness (QED) is 0.448. The predicted molar refractivity (Wildman–Crippen MR) is 136 cm³/mol. The summed E-state index contributed by atoms with van der Waals surface area (Å²) in [5, 5.41) is 6.95. The van der Waals surface area contributed by atoms with E-state index in [1.165, 1.54) is 0 Å². The van der Waals surface area contributed by atoms with E-state index in [1.807, 2.05) is 55.6 Å². The molecule has 3 aromatic rings. The van der Waals surface area contributed by atoms with Crippen molar-refractivity contribution in [3.8, 4) is 5.75 Å². The van der Waals surface area contributed by atoms with Crippen molar-refractivity contribution in [3.05, 3.63) is 72.3 Å². The molecule has 0 bridgehead atoms. The highest BCUT2D eigenvalue weighted by Crippen LogP contribution is 2.43.